The van der Waals surface area contributed by atoms with E-state index in [0.29, 0.717) is 35.0 Å². The Morgan fingerprint density at radius 2 is 2.15 bits per heavy atom. The maximum Gasteiger partial charge on any atom is 0.254 e. The first kappa shape index (κ1) is 18.9. The molecule has 1 atom stereocenters. The lowest BCUT2D eigenvalue weighted by atomic mass is 9.89. The van der Waals surface area contributed by atoms with Gasteiger partial charge in [-0.2, -0.15) is 0 Å². The molecule has 0 fully saturated rings. The van der Waals surface area contributed by atoms with Crippen LogP contribution in [0.3, 0.4) is 0 Å². The molecule has 2 aromatic rings. The van der Waals surface area contributed by atoms with E-state index in [0.717, 1.165) is 5.56 Å². The third-order valence-electron chi connectivity index (χ3n) is 4.69. The highest BCUT2D eigenvalue weighted by Gasteiger charge is 2.35. The van der Waals surface area contributed by atoms with Crippen LogP contribution in [-0.4, -0.2) is 28.6 Å². The number of ether oxygens (including phenoxy) is 2. The van der Waals surface area contributed by atoms with Crippen LogP contribution in [0.1, 0.15) is 49.0 Å². The second-order valence-electron chi connectivity index (χ2n) is 7.48. The molecule has 27 heavy (non-hydrogen) atoms. The Labute approximate surface area is 158 Å². The van der Waals surface area contributed by atoms with Crippen LogP contribution in [0.5, 0.6) is 11.5 Å². The highest BCUT2D eigenvalue weighted by molar-refractivity contribution is 5.79. The predicted molar refractivity (Wildman–Crippen MR) is 101 cm³/mol. The molecule has 0 bridgehead atoms. The lowest BCUT2D eigenvalue weighted by Crippen LogP contribution is -2.42. The molecule has 0 saturated carbocycles. The van der Waals surface area contributed by atoms with Crippen molar-refractivity contribution in [2.45, 2.75) is 52.2 Å². The predicted octanol–water partition coefficient (Wildman–Crippen LogP) is 2.36. The van der Waals surface area contributed by atoms with Gasteiger partial charge in [0.25, 0.3) is 5.56 Å². The number of benzene rings is 1. The number of methoxy groups -OCH3 is 1. The molecule has 1 aromatic heterocycles. The van der Waals surface area contributed by atoms with Crippen molar-refractivity contribution in [3.8, 4) is 11.5 Å². The number of amides is 1. The SMILES string of the molecule is COc1ccc2c(c1)OC(C)(C)C[C@H]2NC(=O)Cc1c(C)nc(C)[nH]c1=O. The molecule has 144 valence electrons. The highest BCUT2D eigenvalue weighted by Crippen LogP contribution is 2.41. The lowest BCUT2D eigenvalue weighted by molar-refractivity contribution is -0.121. The molecule has 0 aliphatic carbocycles. The summed E-state index contributed by atoms with van der Waals surface area (Å²) in [4.78, 5) is 31.7. The molecule has 1 aromatic carbocycles. The maximum atomic E-state index is 12.7. The normalized spacial score (nSPS) is 17.6. The zero-order valence-corrected chi connectivity index (χ0v) is 16.3. The number of carbonyl (C=O) groups excluding carboxylic acids is 1. The van der Waals surface area contributed by atoms with Crippen molar-refractivity contribution >= 4 is 5.91 Å². The topological polar surface area (TPSA) is 93.3 Å². The largest absolute Gasteiger partial charge is 0.497 e. The summed E-state index contributed by atoms with van der Waals surface area (Å²) in [5.41, 5.74) is 1.16. The standard InChI is InChI=1S/C20H25N3O4/c1-11-15(19(25)22-12(2)21-11)9-18(24)23-16-10-20(3,4)27-17-8-13(26-5)6-7-14(16)17/h6-8,16H,9-10H2,1-5H3,(H,23,24)(H,21,22,25)/t16-/m1/s1. The van der Waals surface area contributed by atoms with E-state index >= 15 is 0 Å². The maximum absolute atomic E-state index is 12.7. The summed E-state index contributed by atoms with van der Waals surface area (Å²) < 4.78 is 11.3. The molecule has 0 radical (unpaired) electrons. The number of aryl methyl sites for hydroxylation is 2. The second kappa shape index (κ2) is 7.06. The van der Waals surface area contributed by atoms with Crippen molar-refractivity contribution in [1.29, 1.82) is 0 Å². The zero-order chi connectivity index (χ0) is 19.8. The molecule has 7 heteroatoms. The van der Waals surface area contributed by atoms with Crippen LogP contribution in [0.15, 0.2) is 23.0 Å². The van der Waals surface area contributed by atoms with Gasteiger partial charge in [0.2, 0.25) is 5.91 Å². The van der Waals surface area contributed by atoms with Crippen LogP contribution in [-0.2, 0) is 11.2 Å². The van der Waals surface area contributed by atoms with E-state index in [4.69, 9.17) is 9.47 Å². The van der Waals surface area contributed by atoms with Gasteiger partial charge in [-0.25, -0.2) is 4.98 Å². The van der Waals surface area contributed by atoms with Crippen LogP contribution >= 0.6 is 0 Å². The molecule has 0 unspecified atom stereocenters. The quantitative estimate of drug-likeness (QED) is 0.861. The second-order valence-corrected chi connectivity index (χ2v) is 7.48. The minimum absolute atomic E-state index is 0.0162. The smallest absolute Gasteiger partial charge is 0.254 e. The molecular weight excluding hydrogens is 346 g/mol. The first-order valence-electron chi connectivity index (χ1n) is 8.91. The minimum atomic E-state index is -0.434. The Morgan fingerprint density at radius 3 is 2.81 bits per heavy atom. The number of carbonyl (C=O) groups is 1. The monoisotopic (exact) mass is 371 g/mol. The molecular formula is C20H25N3O4. The summed E-state index contributed by atoms with van der Waals surface area (Å²) in [6, 6.07) is 5.37. The third kappa shape index (κ3) is 4.13. The van der Waals surface area contributed by atoms with E-state index in [9.17, 15) is 9.59 Å². The van der Waals surface area contributed by atoms with Crippen molar-refractivity contribution in [2.75, 3.05) is 7.11 Å². The van der Waals surface area contributed by atoms with E-state index in [1.54, 1.807) is 21.0 Å². The molecule has 2 N–H and O–H groups in total. The Hall–Kier alpha value is -2.83. The van der Waals surface area contributed by atoms with Crippen molar-refractivity contribution in [2.24, 2.45) is 0 Å². The Kier molecular flexibility index (Phi) is 4.95. The summed E-state index contributed by atoms with van der Waals surface area (Å²) in [5, 5.41) is 3.05. The van der Waals surface area contributed by atoms with E-state index < -0.39 is 5.60 Å². The van der Waals surface area contributed by atoms with E-state index in [-0.39, 0.29) is 23.9 Å². The van der Waals surface area contributed by atoms with Gasteiger partial charge in [0, 0.05) is 29.3 Å². The number of nitrogens with one attached hydrogen (secondary N) is 2. The first-order valence-corrected chi connectivity index (χ1v) is 8.91. The summed E-state index contributed by atoms with van der Waals surface area (Å²) >= 11 is 0. The number of fused-ring (bicyclic) bond motifs is 1. The zero-order valence-electron chi connectivity index (χ0n) is 16.3. The minimum Gasteiger partial charge on any atom is -0.497 e. The van der Waals surface area contributed by atoms with Crippen molar-refractivity contribution < 1.29 is 14.3 Å². The molecule has 3 rings (SSSR count). The summed E-state index contributed by atoms with van der Waals surface area (Å²) in [7, 11) is 1.60. The van der Waals surface area contributed by atoms with Crippen LogP contribution < -0.4 is 20.3 Å². The van der Waals surface area contributed by atoms with Gasteiger partial charge in [0.05, 0.1) is 19.6 Å². The van der Waals surface area contributed by atoms with Crippen LogP contribution in [0.4, 0.5) is 0 Å². The number of H-pyrrole nitrogens is 1. The van der Waals surface area contributed by atoms with Gasteiger partial charge >= 0.3 is 0 Å². The van der Waals surface area contributed by atoms with Crippen LogP contribution in [0.25, 0.3) is 0 Å². The van der Waals surface area contributed by atoms with Gasteiger partial charge in [-0.05, 0) is 39.8 Å². The van der Waals surface area contributed by atoms with E-state index in [1.807, 2.05) is 32.0 Å². The molecule has 1 aliphatic rings. The average Bonchev–Trinajstić information content (AvgIpc) is 2.56. The van der Waals surface area contributed by atoms with E-state index in [1.165, 1.54) is 0 Å². The summed E-state index contributed by atoms with van der Waals surface area (Å²) in [5.74, 6) is 1.71. The fourth-order valence-corrected chi connectivity index (χ4v) is 3.45. The Bertz CT molecular complexity index is 933. The van der Waals surface area contributed by atoms with Crippen molar-refractivity contribution in [3.63, 3.8) is 0 Å². The third-order valence-corrected chi connectivity index (χ3v) is 4.69. The summed E-state index contributed by atoms with van der Waals surface area (Å²) in [6.07, 6.45) is 0.608. The van der Waals surface area contributed by atoms with Gasteiger partial charge in [-0.1, -0.05) is 0 Å². The molecule has 1 aliphatic heterocycles. The van der Waals surface area contributed by atoms with Gasteiger partial charge in [0.15, 0.2) is 0 Å². The Morgan fingerprint density at radius 1 is 1.41 bits per heavy atom. The number of hydrogen-bond donors (Lipinski definition) is 2. The summed E-state index contributed by atoms with van der Waals surface area (Å²) in [6.45, 7) is 7.41. The van der Waals surface area contributed by atoms with Crippen molar-refractivity contribution in [3.05, 3.63) is 51.2 Å². The Balaban J connectivity index is 1.83. The number of rotatable bonds is 4. The first-order chi connectivity index (χ1) is 12.7. The van der Waals surface area contributed by atoms with E-state index in [2.05, 4.69) is 15.3 Å². The fraction of sp³-hybridized carbons (Fsp3) is 0.450. The van der Waals surface area contributed by atoms with Gasteiger partial charge in [0.1, 0.15) is 22.9 Å². The highest BCUT2D eigenvalue weighted by atomic mass is 16.5. The molecule has 0 saturated heterocycles. The number of nitrogens with zero attached hydrogens (tertiary/aromatic N) is 1. The van der Waals surface area contributed by atoms with Gasteiger partial charge in [-0.3, -0.25) is 9.59 Å². The van der Waals surface area contributed by atoms with Gasteiger partial charge in [-0.15, -0.1) is 0 Å². The lowest BCUT2D eigenvalue weighted by Gasteiger charge is -2.38. The molecule has 2 heterocycles. The number of aromatic nitrogens is 2. The van der Waals surface area contributed by atoms with Gasteiger partial charge < -0.3 is 19.8 Å². The van der Waals surface area contributed by atoms with Crippen LogP contribution in [0, 0.1) is 13.8 Å². The number of hydrogen-bond acceptors (Lipinski definition) is 5. The van der Waals surface area contributed by atoms with Crippen LogP contribution in [0.2, 0.25) is 0 Å². The van der Waals surface area contributed by atoms with Crippen molar-refractivity contribution in [1.82, 2.24) is 15.3 Å². The average molecular weight is 371 g/mol. The fourth-order valence-electron chi connectivity index (χ4n) is 3.45. The molecule has 7 nitrogen and oxygen atoms in total. The molecule has 1 amide bonds. The number of aromatic amines is 1. The molecule has 0 spiro atoms.